The number of methoxy groups -OCH3 is 1. The summed E-state index contributed by atoms with van der Waals surface area (Å²) < 4.78 is 4.91. The van der Waals surface area contributed by atoms with Gasteiger partial charge in [0.1, 0.15) is 10.6 Å². The molecule has 0 saturated carbocycles. The second kappa shape index (κ2) is 7.77. The number of nitrogens with one attached hydrogen (secondary N) is 1. The third-order valence-electron chi connectivity index (χ3n) is 3.73. The zero-order valence-corrected chi connectivity index (χ0v) is 14.5. The number of ether oxygens (including phenoxy) is 1. The van der Waals surface area contributed by atoms with E-state index >= 15 is 0 Å². The maximum absolute atomic E-state index is 12.3. The van der Waals surface area contributed by atoms with E-state index in [0.717, 1.165) is 16.7 Å². The van der Waals surface area contributed by atoms with Gasteiger partial charge >= 0.3 is 5.97 Å². The maximum atomic E-state index is 12.3. The van der Waals surface area contributed by atoms with Crippen molar-refractivity contribution < 1.29 is 14.3 Å². The fourth-order valence-electron chi connectivity index (χ4n) is 2.54. The predicted octanol–water partition coefficient (Wildman–Crippen LogP) is 4.38. The highest BCUT2D eigenvalue weighted by Crippen LogP contribution is 2.36. The molecule has 2 aromatic carbocycles. The van der Waals surface area contributed by atoms with E-state index in [1.54, 1.807) is 0 Å². The van der Waals surface area contributed by atoms with Crippen LogP contribution in [0.15, 0.2) is 66.0 Å². The van der Waals surface area contributed by atoms with Gasteiger partial charge < -0.3 is 10.1 Å². The van der Waals surface area contributed by atoms with Crippen molar-refractivity contribution in [2.24, 2.45) is 0 Å². The lowest BCUT2D eigenvalue weighted by molar-refractivity contribution is -0.115. The first-order valence-electron chi connectivity index (χ1n) is 7.78. The smallest absolute Gasteiger partial charge is 0.341 e. The summed E-state index contributed by atoms with van der Waals surface area (Å²) in [6.45, 7) is 0. The second-order valence-electron chi connectivity index (χ2n) is 5.42. The molecule has 0 aliphatic rings. The van der Waals surface area contributed by atoms with Crippen LogP contribution in [0.1, 0.15) is 15.9 Å². The van der Waals surface area contributed by atoms with Crippen LogP contribution in [0.2, 0.25) is 0 Å². The van der Waals surface area contributed by atoms with Crippen molar-refractivity contribution in [1.82, 2.24) is 0 Å². The van der Waals surface area contributed by atoms with Gasteiger partial charge in [-0.3, -0.25) is 4.79 Å². The highest BCUT2D eigenvalue weighted by Gasteiger charge is 2.22. The van der Waals surface area contributed by atoms with Gasteiger partial charge in [0.2, 0.25) is 5.91 Å². The Kier molecular flexibility index (Phi) is 5.26. The Balaban J connectivity index is 1.87. The molecule has 4 nitrogen and oxygen atoms in total. The molecule has 0 atom stereocenters. The Hall–Kier alpha value is -2.92. The minimum absolute atomic E-state index is 0.169. The summed E-state index contributed by atoms with van der Waals surface area (Å²) in [7, 11) is 1.34. The Morgan fingerprint density at radius 3 is 2.28 bits per heavy atom. The molecule has 3 rings (SSSR count). The van der Waals surface area contributed by atoms with Crippen LogP contribution in [-0.4, -0.2) is 19.0 Å². The molecule has 25 heavy (non-hydrogen) atoms. The lowest BCUT2D eigenvalue weighted by Crippen LogP contribution is -2.16. The SMILES string of the molecule is COC(=O)c1c(-c2ccccc2)csc1NC(=O)Cc1ccccc1. The van der Waals surface area contributed by atoms with Crippen molar-refractivity contribution in [1.29, 1.82) is 0 Å². The van der Waals surface area contributed by atoms with Gasteiger partial charge in [0.25, 0.3) is 0 Å². The number of rotatable bonds is 5. The van der Waals surface area contributed by atoms with Crippen LogP contribution in [0, 0.1) is 0 Å². The zero-order valence-electron chi connectivity index (χ0n) is 13.7. The Labute approximate surface area is 150 Å². The molecule has 0 spiro atoms. The molecule has 1 aromatic heterocycles. The summed E-state index contributed by atoms with van der Waals surface area (Å²) in [6, 6.07) is 19.0. The van der Waals surface area contributed by atoms with Crippen molar-refractivity contribution in [2.75, 3.05) is 12.4 Å². The molecule has 0 radical (unpaired) electrons. The Morgan fingerprint density at radius 1 is 1.00 bits per heavy atom. The lowest BCUT2D eigenvalue weighted by atomic mass is 10.0. The molecular weight excluding hydrogens is 334 g/mol. The number of anilines is 1. The first kappa shape index (κ1) is 16.9. The van der Waals surface area contributed by atoms with Crippen LogP contribution < -0.4 is 5.32 Å². The van der Waals surface area contributed by atoms with Crippen LogP contribution >= 0.6 is 11.3 Å². The van der Waals surface area contributed by atoms with E-state index in [-0.39, 0.29) is 12.3 Å². The monoisotopic (exact) mass is 351 g/mol. The molecule has 126 valence electrons. The topological polar surface area (TPSA) is 55.4 Å². The highest BCUT2D eigenvalue weighted by atomic mass is 32.1. The van der Waals surface area contributed by atoms with E-state index in [1.807, 2.05) is 66.0 Å². The maximum Gasteiger partial charge on any atom is 0.341 e. The highest BCUT2D eigenvalue weighted by molar-refractivity contribution is 7.15. The Bertz CT molecular complexity index is 872. The van der Waals surface area contributed by atoms with Gasteiger partial charge in [0.15, 0.2) is 0 Å². The van der Waals surface area contributed by atoms with Crippen molar-refractivity contribution in [2.45, 2.75) is 6.42 Å². The summed E-state index contributed by atoms with van der Waals surface area (Å²) >= 11 is 1.32. The van der Waals surface area contributed by atoms with E-state index < -0.39 is 5.97 Å². The number of carbonyl (C=O) groups excluding carboxylic acids is 2. The van der Waals surface area contributed by atoms with Crippen molar-refractivity contribution in [3.05, 3.63) is 77.2 Å². The molecule has 1 N–H and O–H groups in total. The van der Waals surface area contributed by atoms with E-state index in [2.05, 4.69) is 5.32 Å². The first-order valence-corrected chi connectivity index (χ1v) is 8.66. The minimum atomic E-state index is -0.463. The van der Waals surface area contributed by atoms with Gasteiger partial charge in [-0.2, -0.15) is 0 Å². The quantitative estimate of drug-likeness (QED) is 0.694. The Morgan fingerprint density at radius 2 is 1.64 bits per heavy atom. The van der Waals surface area contributed by atoms with Gasteiger partial charge in [-0.05, 0) is 11.1 Å². The molecule has 0 aliphatic heterocycles. The molecule has 3 aromatic rings. The standard InChI is InChI=1S/C20H17NO3S/c1-24-20(23)18-16(15-10-6-3-7-11-15)13-25-19(18)21-17(22)12-14-8-4-2-5-9-14/h2-11,13H,12H2,1H3,(H,21,22). The minimum Gasteiger partial charge on any atom is -0.465 e. The lowest BCUT2D eigenvalue weighted by Gasteiger charge is -2.08. The molecular formula is C20H17NO3S. The van der Waals surface area contributed by atoms with Crippen molar-refractivity contribution in [3.8, 4) is 11.1 Å². The van der Waals surface area contributed by atoms with Crippen LogP contribution in [0.5, 0.6) is 0 Å². The van der Waals surface area contributed by atoms with Crippen molar-refractivity contribution >= 4 is 28.2 Å². The van der Waals surface area contributed by atoms with Crippen LogP contribution in [0.4, 0.5) is 5.00 Å². The summed E-state index contributed by atoms with van der Waals surface area (Å²) in [5, 5.41) is 5.21. The van der Waals surface area contributed by atoms with Gasteiger partial charge in [0, 0.05) is 10.9 Å². The summed E-state index contributed by atoms with van der Waals surface area (Å²) in [6.07, 6.45) is 0.250. The zero-order chi connectivity index (χ0) is 17.6. The van der Waals surface area contributed by atoms with Gasteiger partial charge in [0.05, 0.1) is 13.5 Å². The molecule has 0 saturated heterocycles. The second-order valence-corrected chi connectivity index (χ2v) is 6.30. The number of benzene rings is 2. The van der Waals surface area contributed by atoms with E-state index in [4.69, 9.17) is 4.74 Å². The number of hydrogen-bond donors (Lipinski definition) is 1. The summed E-state index contributed by atoms with van der Waals surface area (Å²) in [4.78, 5) is 24.6. The largest absolute Gasteiger partial charge is 0.465 e. The van der Waals surface area contributed by atoms with Crippen LogP contribution in [-0.2, 0) is 16.0 Å². The third-order valence-corrected chi connectivity index (χ3v) is 4.62. The number of thiophene rings is 1. The summed E-state index contributed by atoms with van der Waals surface area (Å²) in [5.41, 5.74) is 2.97. The number of esters is 1. The summed E-state index contributed by atoms with van der Waals surface area (Å²) in [5.74, 6) is -0.632. The van der Waals surface area contributed by atoms with Gasteiger partial charge in [-0.25, -0.2) is 4.79 Å². The van der Waals surface area contributed by atoms with Crippen molar-refractivity contribution in [3.63, 3.8) is 0 Å². The molecule has 5 heteroatoms. The number of hydrogen-bond acceptors (Lipinski definition) is 4. The average Bonchev–Trinajstić information content (AvgIpc) is 3.06. The molecule has 1 amide bonds. The fraction of sp³-hybridized carbons (Fsp3) is 0.100. The molecule has 1 heterocycles. The van der Waals surface area contributed by atoms with E-state index in [9.17, 15) is 9.59 Å². The number of amides is 1. The third kappa shape index (κ3) is 3.95. The van der Waals surface area contributed by atoms with E-state index in [1.165, 1.54) is 18.4 Å². The number of carbonyl (C=O) groups is 2. The average molecular weight is 351 g/mol. The van der Waals surface area contributed by atoms with Crippen LogP contribution in [0.3, 0.4) is 0 Å². The normalized spacial score (nSPS) is 10.3. The molecule has 0 unspecified atom stereocenters. The predicted molar refractivity (Wildman–Crippen MR) is 99.9 cm³/mol. The van der Waals surface area contributed by atoms with Gasteiger partial charge in [-0.15, -0.1) is 11.3 Å². The van der Waals surface area contributed by atoms with Gasteiger partial charge in [-0.1, -0.05) is 60.7 Å². The van der Waals surface area contributed by atoms with Crippen LogP contribution in [0.25, 0.3) is 11.1 Å². The molecule has 0 aliphatic carbocycles. The molecule has 0 bridgehead atoms. The first-order chi connectivity index (χ1) is 12.2. The van der Waals surface area contributed by atoms with E-state index in [0.29, 0.717) is 10.6 Å². The fourth-order valence-corrected chi connectivity index (χ4v) is 3.51. The molecule has 0 fully saturated rings.